The van der Waals surface area contributed by atoms with Gasteiger partial charge in [0.2, 0.25) is 3.79 Å². The van der Waals surface area contributed by atoms with E-state index in [-0.39, 0.29) is 10.6 Å². The molecule has 0 fully saturated rings. The van der Waals surface area contributed by atoms with Crippen molar-refractivity contribution in [1.29, 1.82) is 0 Å². The molecule has 0 unspecified atom stereocenters. The lowest BCUT2D eigenvalue weighted by atomic mass is 10.3. The SMILES string of the molecule is CC(C=O)=C(Cl)C(Cl)(Cl)Cl. The summed E-state index contributed by atoms with van der Waals surface area (Å²) in [5.41, 5.74) is 0.224. The van der Waals surface area contributed by atoms with Gasteiger partial charge in [-0.15, -0.1) is 0 Å². The Kier molecular flexibility index (Phi) is 4.03. The highest BCUT2D eigenvalue weighted by atomic mass is 35.6. The monoisotopic (exact) mass is 220 g/mol. The molecule has 5 heteroatoms. The summed E-state index contributed by atoms with van der Waals surface area (Å²) in [4.78, 5) is 10.1. The molecule has 0 spiro atoms. The van der Waals surface area contributed by atoms with Gasteiger partial charge in [0.15, 0.2) is 0 Å². The number of halogens is 4. The summed E-state index contributed by atoms with van der Waals surface area (Å²) >= 11 is 21.5. The molecule has 0 aromatic rings. The fraction of sp³-hybridized carbons (Fsp3) is 0.400. The zero-order valence-electron chi connectivity index (χ0n) is 5.00. The second-order valence-electron chi connectivity index (χ2n) is 1.61. The summed E-state index contributed by atoms with van der Waals surface area (Å²) in [6.07, 6.45) is 0.532. The van der Waals surface area contributed by atoms with E-state index in [1.54, 1.807) is 0 Å². The van der Waals surface area contributed by atoms with Crippen LogP contribution < -0.4 is 0 Å². The normalized spacial score (nSPS) is 14.5. The van der Waals surface area contributed by atoms with Crippen LogP contribution in [0.1, 0.15) is 6.92 Å². The molecule has 0 radical (unpaired) electrons. The number of allylic oxidation sites excluding steroid dienone is 2. The first-order chi connectivity index (χ1) is 4.39. The van der Waals surface area contributed by atoms with E-state index in [1.165, 1.54) is 6.92 Å². The number of carbonyl (C=O) groups is 1. The van der Waals surface area contributed by atoms with E-state index in [2.05, 4.69) is 0 Å². The van der Waals surface area contributed by atoms with Gasteiger partial charge < -0.3 is 0 Å². The van der Waals surface area contributed by atoms with E-state index < -0.39 is 3.79 Å². The minimum Gasteiger partial charge on any atom is -0.298 e. The molecule has 0 bridgehead atoms. The molecule has 0 atom stereocenters. The highest BCUT2D eigenvalue weighted by Crippen LogP contribution is 2.38. The zero-order valence-corrected chi connectivity index (χ0v) is 8.02. The number of hydrogen-bond acceptors (Lipinski definition) is 1. The zero-order chi connectivity index (χ0) is 8.36. The van der Waals surface area contributed by atoms with Crippen LogP contribution in [-0.4, -0.2) is 10.1 Å². The van der Waals surface area contributed by atoms with Gasteiger partial charge in [-0.1, -0.05) is 46.4 Å². The Morgan fingerprint density at radius 2 is 1.80 bits per heavy atom. The van der Waals surface area contributed by atoms with Crippen molar-refractivity contribution in [3.63, 3.8) is 0 Å². The average molecular weight is 222 g/mol. The maximum atomic E-state index is 10.1. The molecule has 58 valence electrons. The first-order valence-electron chi connectivity index (χ1n) is 2.28. The number of alkyl halides is 3. The van der Waals surface area contributed by atoms with E-state index in [1.807, 2.05) is 0 Å². The van der Waals surface area contributed by atoms with Gasteiger partial charge in [0, 0.05) is 5.57 Å². The maximum Gasteiger partial charge on any atom is 0.226 e. The quantitative estimate of drug-likeness (QED) is 0.378. The van der Waals surface area contributed by atoms with Crippen molar-refractivity contribution in [3.05, 3.63) is 10.6 Å². The molecular weight excluding hydrogens is 218 g/mol. The summed E-state index contributed by atoms with van der Waals surface area (Å²) in [5.74, 6) is 0. The predicted molar refractivity (Wildman–Crippen MR) is 44.9 cm³/mol. The highest BCUT2D eigenvalue weighted by Gasteiger charge is 2.26. The van der Waals surface area contributed by atoms with Crippen LogP contribution in [0, 0.1) is 0 Å². The smallest absolute Gasteiger partial charge is 0.226 e. The predicted octanol–water partition coefficient (Wildman–Crippen LogP) is 3.07. The van der Waals surface area contributed by atoms with Crippen molar-refractivity contribution in [2.75, 3.05) is 0 Å². The molecule has 0 heterocycles. The van der Waals surface area contributed by atoms with Crippen LogP contribution >= 0.6 is 46.4 Å². The Morgan fingerprint density at radius 3 is 1.90 bits per heavy atom. The molecule has 0 aromatic carbocycles. The van der Waals surface area contributed by atoms with E-state index in [0.29, 0.717) is 6.29 Å². The summed E-state index contributed by atoms with van der Waals surface area (Å²) < 4.78 is -1.69. The van der Waals surface area contributed by atoms with Crippen LogP contribution in [0.3, 0.4) is 0 Å². The minimum atomic E-state index is -1.69. The lowest BCUT2D eigenvalue weighted by molar-refractivity contribution is -0.104. The van der Waals surface area contributed by atoms with Gasteiger partial charge in [0.25, 0.3) is 0 Å². The maximum absolute atomic E-state index is 10.1. The number of aldehydes is 1. The summed E-state index contributed by atoms with van der Waals surface area (Å²) in [6, 6.07) is 0. The standard InChI is InChI=1S/C5H4Cl4O/c1-3(2-10)4(6)5(7,8)9/h2H,1H3. The third-order valence-corrected chi connectivity index (χ3v) is 2.21. The summed E-state index contributed by atoms with van der Waals surface area (Å²) in [6.45, 7) is 1.47. The van der Waals surface area contributed by atoms with Crippen molar-refractivity contribution in [2.45, 2.75) is 10.7 Å². The molecule has 0 saturated heterocycles. The Bertz CT molecular complexity index is 167. The van der Waals surface area contributed by atoms with Gasteiger partial charge in [-0.05, 0) is 6.92 Å². The van der Waals surface area contributed by atoms with Gasteiger partial charge in [-0.25, -0.2) is 0 Å². The highest BCUT2D eigenvalue weighted by molar-refractivity contribution is 6.73. The molecule has 0 aliphatic carbocycles. The average Bonchev–Trinajstić information content (AvgIpc) is 1.83. The minimum absolute atomic E-state index is 0.0625. The topological polar surface area (TPSA) is 17.1 Å². The van der Waals surface area contributed by atoms with Gasteiger partial charge >= 0.3 is 0 Å². The van der Waals surface area contributed by atoms with Crippen molar-refractivity contribution in [1.82, 2.24) is 0 Å². The molecule has 0 N–H and O–H groups in total. The Morgan fingerprint density at radius 1 is 1.40 bits per heavy atom. The van der Waals surface area contributed by atoms with Crippen LogP contribution in [-0.2, 0) is 4.79 Å². The lowest BCUT2D eigenvalue weighted by Crippen LogP contribution is -2.04. The van der Waals surface area contributed by atoms with E-state index in [9.17, 15) is 4.79 Å². The third kappa shape index (κ3) is 3.11. The Balaban J connectivity index is 4.63. The van der Waals surface area contributed by atoms with Gasteiger partial charge in [0.1, 0.15) is 6.29 Å². The molecule has 10 heavy (non-hydrogen) atoms. The molecule has 0 aliphatic heterocycles. The van der Waals surface area contributed by atoms with Crippen LogP contribution in [0.15, 0.2) is 10.6 Å². The fourth-order valence-electron chi connectivity index (χ4n) is 0.275. The van der Waals surface area contributed by atoms with E-state index in [0.717, 1.165) is 0 Å². The first-order valence-corrected chi connectivity index (χ1v) is 3.79. The molecule has 0 aliphatic rings. The molecule has 1 nitrogen and oxygen atoms in total. The fourth-order valence-corrected chi connectivity index (χ4v) is 0.767. The van der Waals surface area contributed by atoms with Crippen LogP contribution in [0.25, 0.3) is 0 Å². The molecule has 0 saturated carbocycles. The van der Waals surface area contributed by atoms with Crippen LogP contribution in [0.5, 0.6) is 0 Å². The summed E-state index contributed by atoms with van der Waals surface area (Å²) in [7, 11) is 0. The van der Waals surface area contributed by atoms with Crippen LogP contribution in [0.2, 0.25) is 0 Å². The van der Waals surface area contributed by atoms with Crippen molar-refractivity contribution in [3.8, 4) is 0 Å². The summed E-state index contributed by atoms with van der Waals surface area (Å²) in [5, 5.41) is -0.0625. The Hall–Kier alpha value is 0.570. The van der Waals surface area contributed by atoms with Crippen molar-refractivity contribution < 1.29 is 4.79 Å². The van der Waals surface area contributed by atoms with Crippen LogP contribution in [0.4, 0.5) is 0 Å². The molecule has 0 rings (SSSR count). The van der Waals surface area contributed by atoms with Gasteiger partial charge in [-0.2, -0.15) is 0 Å². The third-order valence-electron chi connectivity index (χ3n) is 0.772. The first kappa shape index (κ1) is 10.6. The number of carbonyl (C=O) groups excluding carboxylic acids is 1. The molecule has 0 aromatic heterocycles. The molecular formula is C5H4Cl4O. The lowest BCUT2D eigenvalue weighted by Gasteiger charge is -2.09. The number of rotatable bonds is 1. The van der Waals surface area contributed by atoms with Gasteiger partial charge in [0.05, 0.1) is 5.03 Å². The van der Waals surface area contributed by atoms with E-state index in [4.69, 9.17) is 46.4 Å². The van der Waals surface area contributed by atoms with E-state index >= 15 is 0 Å². The van der Waals surface area contributed by atoms with Crippen molar-refractivity contribution >= 4 is 52.7 Å². The molecule has 0 amide bonds. The van der Waals surface area contributed by atoms with Gasteiger partial charge in [-0.3, -0.25) is 4.79 Å². The Labute approximate surface area is 78.9 Å². The second kappa shape index (κ2) is 3.82. The largest absolute Gasteiger partial charge is 0.298 e. The number of hydrogen-bond donors (Lipinski definition) is 0. The van der Waals surface area contributed by atoms with Crippen molar-refractivity contribution in [2.24, 2.45) is 0 Å². The second-order valence-corrected chi connectivity index (χ2v) is 4.27.